The van der Waals surface area contributed by atoms with Gasteiger partial charge < -0.3 is 10.3 Å². The van der Waals surface area contributed by atoms with Crippen molar-refractivity contribution in [2.24, 2.45) is 5.92 Å². The Morgan fingerprint density at radius 3 is 3.13 bits per heavy atom. The van der Waals surface area contributed by atoms with E-state index in [1.807, 2.05) is 0 Å². The highest BCUT2D eigenvalue weighted by atomic mass is 16.1. The topological polar surface area (TPSA) is 57.8 Å². The maximum absolute atomic E-state index is 11.4. The van der Waals surface area contributed by atoms with Crippen LogP contribution in [0.5, 0.6) is 0 Å². The van der Waals surface area contributed by atoms with Gasteiger partial charge in [-0.1, -0.05) is 19.8 Å². The molecule has 1 saturated carbocycles. The van der Waals surface area contributed by atoms with E-state index in [9.17, 15) is 4.79 Å². The molecule has 0 amide bonds. The van der Waals surface area contributed by atoms with Gasteiger partial charge in [-0.3, -0.25) is 4.79 Å². The van der Waals surface area contributed by atoms with Gasteiger partial charge in [-0.05, 0) is 18.8 Å². The van der Waals surface area contributed by atoms with Gasteiger partial charge in [-0.2, -0.15) is 0 Å². The first kappa shape index (κ1) is 10.2. The second-order valence-corrected chi connectivity index (χ2v) is 4.38. The van der Waals surface area contributed by atoms with Crippen LogP contribution in [0.4, 0.5) is 5.82 Å². The molecule has 0 radical (unpaired) electrons. The molecule has 2 N–H and O–H groups in total. The molecule has 2 atom stereocenters. The van der Waals surface area contributed by atoms with Crippen molar-refractivity contribution >= 4 is 5.82 Å². The van der Waals surface area contributed by atoms with Crippen LogP contribution in [0.25, 0.3) is 0 Å². The van der Waals surface area contributed by atoms with Gasteiger partial charge in [0.15, 0.2) is 5.82 Å². The van der Waals surface area contributed by atoms with Crippen molar-refractivity contribution < 1.29 is 0 Å². The van der Waals surface area contributed by atoms with Gasteiger partial charge in [0.1, 0.15) is 0 Å². The zero-order chi connectivity index (χ0) is 10.7. The third-order valence-corrected chi connectivity index (χ3v) is 2.98. The normalized spacial score (nSPS) is 26.2. The van der Waals surface area contributed by atoms with E-state index < -0.39 is 0 Å². The fraction of sp³-hybridized carbons (Fsp3) is 0.636. The summed E-state index contributed by atoms with van der Waals surface area (Å²) in [5, 5.41) is 3.22. The lowest BCUT2D eigenvalue weighted by atomic mass is 9.87. The lowest BCUT2D eigenvalue weighted by molar-refractivity contribution is 0.358. The highest BCUT2D eigenvalue weighted by Crippen LogP contribution is 2.24. The first-order valence-electron chi connectivity index (χ1n) is 5.56. The summed E-state index contributed by atoms with van der Waals surface area (Å²) in [5.41, 5.74) is -0.129. The van der Waals surface area contributed by atoms with E-state index in [1.54, 1.807) is 12.4 Å². The van der Waals surface area contributed by atoms with Crippen molar-refractivity contribution in [3.8, 4) is 0 Å². The van der Waals surface area contributed by atoms with Crippen molar-refractivity contribution in [2.75, 3.05) is 5.32 Å². The number of nitrogens with zero attached hydrogens (tertiary/aromatic N) is 1. The number of aromatic nitrogens is 2. The van der Waals surface area contributed by atoms with E-state index in [0.717, 1.165) is 18.8 Å². The van der Waals surface area contributed by atoms with E-state index in [4.69, 9.17) is 0 Å². The molecule has 4 heteroatoms. The van der Waals surface area contributed by atoms with Crippen molar-refractivity contribution in [3.05, 3.63) is 22.7 Å². The average molecular weight is 207 g/mol. The molecule has 0 spiro atoms. The molecule has 1 aliphatic carbocycles. The predicted octanol–water partition coefficient (Wildman–Crippen LogP) is 1.76. The number of nitrogens with one attached hydrogen (secondary N) is 2. The van der Waals surface area contributed by atoms with Gasteiger partial charge in [-0.15, -0.1) is 0 Å². The number of rotatable bonds is 2. The molecule has 4 nitrogen and oxygen atoms in total. The predicted molar refractivity (Wildman–Crippen MR) is 59.9 cm³/mol. The van der Waals surface area contributed by atoms with E-state index in [-0.39, 0.29) is 5.56 Å². The van der Waals surface area contributed by atoms with Gasteiger partial charge in [0.2, 0.25) is 0 Å². The smallest absolute Gasteiger partial charge is 0.290 e. The molecule has 0 aromatic carbocycles. The van der Waals surface area contributed by atoms with Crippen LogP contribution in [0.3, 0.4) is 0 Å². The Kier molecular flexibility index (Phi) is 3.04. The molecule has 2 unspecified atom stereocenters. The van der Waals surface area contributed by atoms with Crippen LogP contribution in [0.2, 0.25) is 0 Å². The molecule has 0 saturated heterocycles. The summed E-state index contributed by atoms with van der Waals surface area (Å²) in [6, 6.07) is 0.407. The standard InChI is InChI=1S/C11H17N3O/c1-8-3-2-4-9(7-8)14-10-11(15)13-6-5-12-10/h5-6,8-9H,2-4,7H2,1H3,(H,12,14)(H,13,15). The summed E-state index contributed by atoms with van der Waals surface area (Å²) in [4.78, 5) is 18.1. The van der Waals surface area contributed by atoms with Gasteiger partial charge in [0.25, 0.3) is 5.56 Å². The van der Waals surface area contributed by atoms with Gasteiger partial charge in [-0.25, -0.2) is 4.98 Å². The molecule has 15 heavy (non-hydrogen) atoms. The van der Waals surface area contributed by atoms with E-state index in [1.165, 1.54) is 12.8 Å². The number of hydrogen-bond acceptors (Lipinski definition) is 3. The maximum atomic E-state index is 11.4. The minimum Gasteiger partial charge on any atom is -0.363 e. The Morgan fingerprint density at radius 1 is 1.53 bits per heavy atom. The lowest BCUT2D eigenvalue weighted by Gasteiger charge is -2.27. The summed E-state index contributed by atoms with van der Waals surface area (Å²) < 4.78 is 0. The van der Waals surface area contributed by atoms with Crippen LogP contribution in [0, 0.1) is 5.92 Å². The second kappa shape index (κ2) is 4.47. The number of aromatic amines is 1. The van der Waals surface area contributed by atoms with Gasteiger partial charge in [0, 0.05) is 18.4 Å². The highest BCUT2D eigenvalue weighted by molar-refractivity contribution is 5.31. The molecule has 82 valence electrons. The third kappa shape index (κ3) is 2.58. The van der Waals surface area contributed by atoms with E-state index in [2.05, 4.69) is 22.2 Å². The fourth-order valence-electron chi connectivity index (χ4n) is 2.21. The zero-order valence-corrected chi connectivity index (χ0v) is 8.99. The molecule has 1 aromatic rings. The minimum atomic E-state index is -0.129. The number of H-pyrrole nitrogens is 1. The Balaban J connectivity index is 2.02. The molecule has 1 heterocycles. The monoisotopic (exact) mass is 207 g/mol. The molecule has 1 aliphatic rings. The summed E-state index contributed by atoms with van der Waals surface area (Å²) in [5.74, 6) is 1.20. The van der Waals surface area contributed by atoms with Crippen LogP contribution < -0.4 is 10.9 Å². The Labute approximate surface area is 89.1 Å². The lowest BCUT2D eigenvalue weighted by Crippen LogP contribution is -2.29. The maximum Gasteiger partial charge on any atom is 0.290 e. The molecule has 0 bridgehead atoms. The molecule has 2 rings (SSSR count). The van der Waals surface area contributed by atoms with E-state index in [0.29, 0.717) is 11.9 Å². The minimum absolute atomic E-state index is 0.129. The zero-order valence-electron chi connectivity index (χ0n) is 8.99. The summed E-state index contributed by atoms with van der Waals surface area (Å²) >= 11 is 0. The van der Waals surface area contributed by atoms with Crippen LogP contribution in [0.15, 0.2) is 17.2 Å². The van der Waals surface area contributed by atoms with Crippen molar-refractivity contribution in [1.29, 1.82) is 0 Å². The van der Waals surface area contributed by atoms with Crippen molar-refractivity contribution in [3.63, 3.8) is 0 Å². The van der Waals surface area contributed by atoms with Crippen LogP contribution in [0.1, 0.15) is 32.6 Å². The highest BCUT2D eigenvalue weighted by Gasteiger charge is 2.19. The first-order chi connectivity index (χ1) is 7.25. The third-order valence-electron chi connectivity index (χ3n) is 2.98. The molecular formula is C11H17N3O. The fourth-order valence-corrected chi connectivity index (χ4v) is 2.21. The van der Waals surface area contributed by atoms with Crippen LogP contribution in [-0.4, -0.2) is 16.0 Å². The van der Waals surface area contributed by atoms with Gasteiger partial charge >= 0.3 is 0 Å². The Bertz CT molecular complexity index is 374. The van der Waals surface area contributed by atoms with Crippen molar-refractivity contribution in [2.45, 2.75) is 38.6 Å². The first-order valence-corrected chi connectivity index (χ1v) is 5.56. The molecule has 0 aliphatic heterocycles. The molecule has 1 fully saturated rings. The average Bonchev–Trinajstić information content (AvgIpc) is 2.22. The largest absolute Gasteiger partial charge is 0.363 e. The Hall–Kier alpha value is -1.32. The van der Waals surface area contributed by atoms with E-state index >= 15 is 0 Å². The quantitative estimate of drug-likeness (QED) is 0.777. The van der Waals surface area contributed by atoms with Gasteiger partial charge in [0.05, 0.1) is 0 Å². The summed E-state index contributed by atoms with van der Waals surface area (Å²) in [7, 11) is 0. The summed E-state index contributed by atoms with van der Waals surface area (Å²) in [6.07, 6.45) is 7.98. The number of anilines is 1. The SMILES string of the molecule is CC1CCCC(Nc2ncc[nH]c2=O)C1. The summed E-state index contributed by atoms with van der Waals surface area (Å²) in [6.45, 7) is 2.26. The number of hydrogen-bond donors (Lipinski definition) is 2. The van der Waals surface area contributed by atoms with Crippen LogP contribution in [-0.2, 0) is 0 Å². The van der Waals surface area contributed by atoms with Crippen LogP contribution >= 0.6 is 0 Å². The van der Waals surface area contributed by atoms with Crippen molar-refractivity contribution in [1.82, 2.24) is 9.97 Å². The Morgan fingerprint density at radius 2 is 2.40 bits per heavy atom. The second-order valence-electron chi connectivity index (χ2n) is 4.38. The molecule has 1 aromatic heterocycles. The molecular weight excluding hydrogens is 190 g/mol.